The number of anilines is 2. The van der Waals surface area contributed by atoms with Crippen molar-refractivity contribution in [1.82, 2.24) is 14.9 Å². The number of benzene rings is 2. The molecule has 0 spiro atoms. The normalized spacial score (nSPS) is 13.5. The van der Waals surface area contributed by atoms with Crippen molar-refractivity contribution in [2.75, 3.05) is 10.6 Å². The molecule has 1 aromatic heterocycles. The van der Waals surface area contributed by atoms with Crippen molar-refractivity contribution < 1.29 is 18.0 Å². The van der Waals surface area contributed by atoms with Gasteiger partial charge < -0.3 is 5.32 Å². The first-order valence-electron chi connectivity index (χ1n) is 9.91. The molecule has 11 heteroatoms. The molecule has 4 rings (SSSR count). The van der Waals surface area contributed by atoms with Crippen LogP contribution in [0, 0.1) is 0 Å². The standard InChI is InChI=1S/C21H21N5O4S2/c1-13(27)23-17-8-10-18(11-9-17)32(29,30)22-12-14-2-4-15(5-3-14)19(28)24-21-26-25-20(31-21)16-6-7-16/h2-5,8-11,16,22H,6-7,12H2,1H3,(H,23,27)(H,24,26,28). The molecule has 1 saturated carbocycles. The molecule has 9 nitrogen and oxygen atoms in total. The summed E-state index contributed by atoms with van der Waals surface area (Å²) in [5.41, 5.74) is 1.66. The Bertz CT molecular complexity index is 1230. The molecule has 1 aliphatic carbocycles. The summed E-state index contributed by atoms with van der Waals surface area (Å²) < 4.78 is 27.5. The van der Waals surface area contributed by atoms with Gasteiger partial charge in [-0.05, 0) is 54.8 Å². The van der Waals surface area contributed by atoms with Crippen LogP contribution in [0.25, 0.3) is 0 Å². The topological polar surface area (TPSA) is 130 Å². The quantitative estimate of drug-likeness (QED) is 0.463. The maximum Gasteiger partial charge on any atom is 0.257 e. The molecule has 1 heterocycles. The van der Waals surface area contributed by atoms with E-state index in [1.165, 1.54) is 42.5 Å². The third-order valence-electron chi connectivity index (χ3n) is 4.76. The predicted octanol–water partition coefficient (Wildman–Crippen LogP) is 3.10. The average Bonchev–Trinajstić information content (AvgIpc) is 3.52. The molecule has 3 aromatic rings. The molecule has 2 amide bonds. The fraction of sp³-hybridized carbons (Fsp3) is 0.238. The molecule has 0 saturated heterocycles. The second kappa shape index (κ2) is 9.15. The molecular formula is C21H21N5O4S2. The van der Waals surface area contributed by atoms with E-state index in [0.29, 0.717) is 27.9 Å². The van der Waals surface area contributed by atoms with Gasteiger partial charge in [-0.25, -0.2) is 13.1 Å². The van der Waals surface area contributed by atoms with Crippen LogP contribution < -0.4 is 15.4 Å². The number of nitrogens with zero attached hydrogens (tertiary/aromatic N) is 2. The van der Waals surface area contributed by atoms with E-state index in [-0.39, 0.29) is 23.3 Å². The Balaban J connectivity index is 1.33. The zero-order chi connectivity index (χ0) is 22.7. The van der Waals surface area contributed by atoms with E-state index in [2.05, 4.69) is 25.6 Å². The number of rotatable bonds is 8. The zero-order valence-electron chi connectivity index (χ0n) is 17.2. The Morgan fingerprint density at radius 3 is 2.31 bits per heavy atom. The smallest absolute Gasteiger partial charge is 0.257 e. The lowest BCUT2D eigenvalue weighted by Crippen LogP contribution is -2.23. The number of carbonyl (C=O) groups is 2. The van der Waals surface area contributed by atoms with Gasteiger partial charge in [0.1, 0.15) is 5.01 Å². The number of hydrogen-bond donors (Lipinski definition) is 3. The van der Waals surface area contributed by atoms with Crippen molar-refractivity contribution in [1.29, 1.82) is 0 Å². The highest BCUT2D eigenvalue weighted by molar-refractivity contribution is 7.89. The number of carbonyl (C=O) groups excluding carboxylic acids is 2. The zero-order valence-corrected chi connectivity index (χ0v) is 18.8. The number of sulfonamides is 1. The van der Waals surface area contributed by atoms with Gasteiger partial charge in [-0.1, -0.05) is 23.5 Å². The summed E-state index contributed by atoms with van der Waals surface area (Å²) in [6.07, 6.45) is 2.24. The lowest BCUT2D eigenvalue weighted by molar-refractivity contribution is -0.114. The molecule has 32 heavy (non-hydrogen) atoms. The third kappa shape index (κ3) is 5.55. The van der Waals surface area contributed by atoms with E-state index in [1.807, 2.05) is 0 Å². The van der Waals surface area contributed by atoms with Gasteiger partial charge in [-0.15, -0.1) is 10.2 Å². The van der Waals surface area contributed by atoms with Crippen LogP contribution >= 0.6 is 11.3 Å². The number of amides is 2. The van der Waals surface area contributed by atoms with E-state index < -0.39 is 10.0 Å². The first-order valence-corrected chi connectivity index (χ1v) is 12.2. The van der Waals surface area contributed by atoms with Gasteiger partial charge in [0.2, 0.25) is 21.1 Å². The second-order valence-electron chi connectivity index (χ2n) is 7.40. The van der Waals surface area contributed by atoms with Gasteiger partial charge in [-0.2, -0.15) is 0 Å². The van der Waals surface area contributed by atoms with Gasteiger partial charge in [0.05, 0.1) is 4.90 Å². The molecule has 0 unspecified atom stereocenters. The highest BCUT2D eigenvalue weighted by atomic mass is 32.2. The Kier molecular flexibility index (Phi) is 6.31. The molecule has 0 radical (unpaired) electrons. The maximum atomic E-state index is 12.5. The molecule has 0 aliphatic heterocycles. The summed E-state index contributed by atoms with van der Waals surface area (Å²) >= 11 is 1.39. The van der Waals surface area contributed by atoms with Crippen LogP contribution in [0.4, 0.5) is 10.8 Å². The van der Waals surface area contributed by atoms with E-state index in [4.69, 9.17) is 0 Å². The summed E-state index contributed by atoms with van der Waals surface area (Å²) in [4.78, 5) is 23.6. The molecule has 0 atom stereocenters. The summed E-state index contributed by atoms with van der Waals surface area (Å²) in [6.45, 7) is 1.45. The lowest BCUT2D eigenvalue weighted by atomic mass is 10.1. The van der Waals surface area contributed by atoms with Crippen LogP contribution in [0.5, 0.6) is 0 Å². The van der Waals surface area contributed by atoms with Crippen molar-refractivity contribution in [2.45, 2.75) is 37.1 Å². The van der Waals surface area contributed by atoms with Gasteiger partial charge in [-0.3, -0.25) is 14.9 Å². The van der Waals surface area contributed by atoms with E-state index in [0.717, 1.165) is 17.8 Å². The molecule has 2 aromatic carbocycles. The third-order valence-corrected chi connectivity index (χ3v) is 7.17. The van der Waals surface area contributed by atoms with Gasteiger partial charge in [0.15, 0.2) is 0 Å². The number of aromatic nitrogens is 2. The Hall–Kier alpha value is -3.15. The number of nitrogens with one attached hydrogen (secondary N) is 3. The molecule has 1 aliphatic rings. The molecule has 1 fully saturated rings. The minimum absolute atomic E-state index is 0.0683. The Morgan fingerprint density at radius 1 is 1.00 bits per heavy atom. The summed E-state index contributed by atoms with van der Waals surface area (Å²) in [5, 5.41) is 14.9. The van der Waals surface area contributed by atoms with Crippen molar-refractivity contribution >= 4 is 44.0 Å². The van der Waals surface area contributed by atoms with Crippen molar-refractivity contribution in [2.24, 2.45) is 0 Å². The minimum Gasteiger partial charge on any atom is -0.326 e. The van der Waals surface area contributed by atoms with Gasteiger partial charge >= 0.3 is 0 Å². The van der Waals surface area contributed by atoms with Crippen molar-refractivity contribution in [3.05, 3.63) is 64.7 Å². The van der Waals surface area contributed by atoms with E-state index in [9.17, 15) is 18.0 Å². The van der Waals surface area contributed by atoms with Crippen LogP contribution in [0.1, 0.15) is 46.6 Å². The molecule has 166 valence electrons. The summed E-state index contributed by atoms with van der Waals surface area (Å²) in [5.74, 6) is -0.0477. The first kappa shape index (κ1) is 22.1. The van der Waals surface area contributed by atoms with Crippen molar-refractivity contribution in [3.63, 3.8) is 0 Å². The summed E-state index contributed by atoms with van der Waals surface area (Å²) in [7, 11) is -3.73. The van der Waals surface area contributed by atoms with E-state index >= 15 is 0 Å². The Labute approximate surface area is 189 Å². The monoisotopic (exact) mass is 471 g/mol. The largest absolute Gasteiger partial charge is 0.326 e. The minimum atomic E-state index is -3.73. The van der Waals surface area contributed by atoms with Crippen molar-refractivity contribution in [3.8, 4) is 0 Å². The Morgan fingerprint density at radius 2 is 1.69 bits per heavy atom. The number of hydrogen-bond acceptors (Lipinski definition) is 7. The van der Waals surface area contributed by atoms with E-state index in [1.54, 1.807) is 24.3 Å². The maximum absolute atomic E-state index is 12.5. The van der Waals surface area contributed by atoms with Gasteiger partial charge in [0.25, 0.3) is 5.91 Å². The average molecular weight is 472 g/mol. The van der Waals surface area contributed by atoms with Crippen LogP contribution in [0.2, 0.25) is 0 Å². The van der Waals surface area contributed by atoms with Crippen LogP contribution in [0.3, 0.4) is 0 Å². The highest BCUT2D eigenvalue weighted by Crippen LogP contribution is 2.42. The lowest BCUT2D eigenvalue weighted by Gasteiger charge is -2.09. The summed E-state index contributed by atoms with van der Waals surface area (Å²) in [6, 6.07) is 12.5. The van der Waals surface area contributed by atoms with Crippen LogP contribution in [-0.4, -0.2) is 30.4 Å². The SMILES string of the molecule is CC(=O)Nc1ccc(S(=O)(=O)NCc2ccc(C(=O)Nc3nnc(C4CC4)s3)cc2)cc1. The molecule has 0 bridgehead atoms. The van der Waals surface area contributed by atoms with Gasteiger partial charge in [0, 0.05) is 30.6 Å². The molecular weight excluding hydrogens is 450 g/mol. The van der Waals surface area contributed by atoms with Crippen LogP contribution in [0.15, 0.2) is 53.4 Å². The van der Waals surface area contributed by atoms with Crippen LogP contribution in [-0.2, 0) is 21.4 Å². The first-order chi connectivity index (χ1) is 15.3. The highest BCUT2D eigenvalue weighted by Gasteiger charge is 2.27. The fourth-order valence-electron chi connectivity index (χ4n) is 2.91. The fourth-order valence-corrected chi connectivity index (χ4v) is 4.83. The predicted molar refractivity (Wildman–Crippen MR) is 121 cm³/mol. The molecule has 3 N–H and O–H groups in total. The second-order valence-corrected chi connectivity index (χ2v) is 10.2.